The molecule has 0 atom stereocenters. The molecular weight excluding hydrogens is 384 g/mol. The molecular formula is C11H11ClN4O4S3. The largest absolute Gasteiger partial charge is 0.354 e. The van der Waals surface area contributed by atoms with Crippen LogP contribution in [-0.4, -0.2) is 34.3 Å². The number of sulfonamides is 1. The summed E-state index contributed by atoms with van der Waals surface area (Å²) >= 11 is 7.17. The van der Waals surface area contributed by atoms with Gasteiger partial charge in [-0.3, -0.25) is 9.36 Å². The molecule has 124 valence electrons. The van der Waals surface area contributed by atoms with Crippen molar-refractivity contribution in [2.75, 3.05) is 6.26 Å². The fourth-order valence-corrected chi connectivity index (χ4v) is 4.16. The van der Waals surface area contributed by atoms with Crippen molar-refractivity contribution < 1.29 is 13.2 Å². The molecule has 0 spiro atoms. The van der Waals surface area contributed by atoms with Gasteiger partial charge in [0.1, 0.15) is 0 Å². The minimum atomic E-state index is -3.96. The van der Waals surface area contributed by atoms with Gasteiger partial charge < -0.3 is 0 Å². The van der Waals surface area contributed by atoms with Crippen molar-refractivity contribution in [1.82, 2.24) is 18.5 Å². The Hall–Kier alpha value is -1.27. The number of hydrogen-bond acceptors (Lipinski definition) is 7. The maximum Gasteiger partial charge on any atom is 0.354 e. The first-order chi connectivity index (χ1) is 10.8. The van der Waals surface area contributed by atoms with Gasteiger partial charge in [0.25, 0.3) is 0 Å². The predicted molar refractivity (Wildman–Crippen MR) is 89.4 cm³/mol. The molecule has 23 heavy (non-hydrogen) atoms. The fraction of sp³-hybridized carbons (Fsp3) is 0.182. The summed E-state index contributed by atoms with van der Waals surface area (Å²) < 4.78 is 28.0. The van der Waals surface area contributed by atoms with Gasteiger partial charge in [0.2, 0.25) is 10.0 Å². The van der Waals surface area contributed by atoms with Crippen LogP contribution in [0.4, 0.5) is 4.79 Å². The Morgan fingerprint density at radius 1 is 1.39 bits per heavy atom. The summed E-state index contributed by atoms with van der Waals surface area (Å²) in [5, 5.41) is 3.53. The molecule has 2 rings (SSSR count). The summed E-state index contributed by atoms with van der Waals surface area (Å²) in [6.45, 7) is 0. The molecule has 0 aliphatic carbocycles. The van der Waals surface area contributed by atoms with Gasteiger partial charge in [0.15, 0.2) is 5.16 Å². The Labute approximate surface area is 145 Å². The van der Waals surface area contributed by atoms with Crippen molar-refractivity contribution in [3.8, 4) is 0 Å². The van der Waals surface area contributed by atoms with Crippen LogP contribution >= 0.6 is 35.3 Å². The van der Waals surface area contributed by atoms with Crippen LogP contribution in [0, 0.1) is 0 Å². The first kappa shape index (κ1) is 18.1. The number of carbonyl (C=O) groups is 1. The average molecular weight is 395 g/mol. The van der Waals surface area contributed by atoms with E-state index in [1.807, 2.05) is 4.13 Å². The van der Waals surface area contributed by atoms with E-state index in [1.54, 1.807) is 6.26 Å². The van der Waals surface area contributed by atoms with Crippen LogP contribution in [0.25, 0.3) is 0 Å². The number of rotatable bonds is 4. The molecule has 1 aromatic carbocycles. The highest BCUT2D eigenvalue weighted by Gasteiger charge is 2.21. The Morgan fingerprint density at radius 3 is 2.65 bits per heavy atom. The van der Waals surface area contributed by atoms with Gasteiger partial charge in [0, 0.05) is 24.0 Å². The minimum Gasteiger partial charge on any atom is -0.273 e. The highest BCUT2D eigenvalue weighted by Crippen LogP contribution is 2.17. The van der Waals surface area contributed by atoms with E-state index < -0.39 is 21.0 Å². The van der Waals surface area contributed by atoms with Crippen molar-refractivity contribution in [2.45, 2.75) is 10.1 Å². The normalized spacial score (nSPS) is 11.6. The fourth-order valence-electron chi connectivity index (χ4n) is 1.53. The van der Waals surface area contributed by atoms with Crippen molar-refractivity contribution in [3.05, 3.63) is 39.8 Å². The summed E-state index contributed by atoms with van der Waals surface area (Å²) in [6, 6.07) is 5.57. The monoisotopic (exact) mass is 394 g/mol. The number of hydrogen-bond donors (Lipinski definition) is 1. The smallest absolute Gasteiger partial charge is 0.273 e. The van der Waals surface area contributed by atoms with Crippen LogP contribution in [-0.2, 0) is 17.1 Å². The molecule has 1 aromatic heterocycles. The molecule has 2 aromatic rings. The van der Waals surface area contributed by atoms with Crippen molar-refractivity contribution in [1.29, 1.82) is 0 Å². The zero-order valence-corrected chi connectivity index (χ0v) is 15.1. The molecule has 0 fully saturated rings. The van der Waals surface area contributed by atoms with Gasteiger partial charge in [-0.15, -0.1) is 13.9 Å². The van der Waals surface area contributed by atoms with Gasteiger partial charge in [-0.1, -0.05) is 29.4 Å². The number of nitrogens with one attached hydrogen (secondary N) is 1. The van der Waals surface area contributed by atoms with E-state index in [9.17, 15) is 18.0 Å². The van der Waals surface area contributed by atoms with E-state index in [-0.39, 0.29) is 21.9 Å². The van der Waals surface area contributed by atoms with E-state index in [4.69, 9.17) is 11.6 Å². The van der Waals surface area contributed by atoms with E-state index in [0.717, 1.165) is 0 Å². The number of aromatic nitrogens is 3. The van der Waals surface area contributed by atoms with E-state index in [1.165, 1.54) is 47.6 Å². The molecule has 1 N–H and O–H groups in total. The second kappa shape index (κ2) is 7.09. The number of thioether (sulfide) groups is 1. The standard InChI is InChI=1S/C11H11ClN4O4S3/c1-15-9(21-2)13-16(10(15)17)11(18)22-14-23(19,20)8-5-3-4-7(12)6-8/h3-6,14H,1-2H3. The minimum absolute atomic E-state index is 0.0940. The third-order valence-corrected chi connectivity index (χ3v) is 6.03. The SMILES string of the molecule is CSc1nn(C(=O)SNS(=O)(=O)c2cccc(Cl)c2)c(=O)n1C. The van der Waals surface area contributed by atoms with Gasteiger partial charge >= 0.3 is 10.9 Å². The highest BCUT2D eigenvalue weighted by molar-refractivity contribution is 8.19. The molecule has 1 heterocycles. The zero-order chi connectivity index (χ0) is 17.2. The first-order valence-electron chi connectivity index (χ1n) is 5.95. The second-order valence-electron chi connectivity index (χ2n) is 4.15. The molecule has 0 saturated heterocycles. The number of benzene rings is 1. The Morgan fingerprint density at radius 2 is 2.09 bits per heavy atom. The maximum atomic E-state index is 12.1. The van der Waals surface area contributed by atoms with Crippen LogP contribution in [0.15, 0.2) is 39.1 Å². The summed E-state index contributed by atoms with van der Waals surface area (Å²) in [5.41, 5.74) is -0.659. The van der Waals surface area contributed by atoms with Crippen LogP contribution in [0.2, 0.25) is 5.02 Å². The molecule has 0 bridgehead atoms. The predicted octanol–water partition coefficient (Wildman–Crippen LogP) is 1.55. The van der Waals surface area contributed by atoms with Crippen molar-refractivity contribution in [2.24, 2.45) is 7.05 Å². The highest BCUT2D eigenvalue weighted by atomic mass is 35.5. The molecule has 12 heteroatoms. The Balaban J connectivity index is 2.17. The van der Waals surface area contributed by atoms with Gasteiger partial charge in [0.05, 0.1) is 4.90 Å². The lowest BCUT2D eigenvalue weighted by atomic mass is 10.4. The van der Waals surface area contributed by atoms with E-state index in [2.05, 4.69) is 5.10 Å². The summed E-state index contributed by atoms with van der Waals surface area (Å²) in [5.74, 6) is 0. The summed E-state index contributed by atoms with van der Waals surface area (Å²) in [7, 11) is -2.49. The maximum absolute atomic E-state index is 12.1. The third kappa shape index (κ3) is 3.98. The molecule has 0 saturated carbocycles. The topological polar surface area (TPSA) is 103 Å². The summed E-state index contributed by atoms with van der Waals surface area (Å²) in [6.07, 6.45) is 1.70. The lowest BCUT2D eigenvalue weighted by molar-refractivity contribution is 0.258. The van der Waals surface area contributed by atoms with Crippen LogP contribution < -0.4 is 9.82 Å². The molecule has 0 radical (unpaired) electrons. The molecule has 0 amide bonds. The van der Waals surface area contributed by atoms with Crippen LogP contribution in [0.5, 0.6) is 0 Å². The summed E-state index contributed by atoms with van der Waals surface area (Å²) in [4.78, 5) is 23.7. The second-order valence-corrected chi connectivity index (χ2v) is 8.06. The van der Waals surface area contributed by atoms with Crippen molar-refractivity contribution >= 4 is 50.6 Å². The first-order valence-corrected chi connectivity index (χ1v) is 9.85. The van der Waals surface area contributed by atoms with Gasteiger partial charge in [-0.25, -0.2) is 13.2 Å². The van der Waals surface area contributed by atoms with Gasteiger partial charge in [-0.05, 0) is 24.5 Å². The molecule has 0 aliphatic rings. The molecule has 0 unspecified atom stereocenters. The lowest BCUT2D eigenvalue weighted by Crippen LogP contribution is -2.29. The van der Waals surface area contributed by atoms with Crippen LogP contribution in [0.1, 0.15) is 0 Å². The average Bonchev–Trinajstić information content (AvgIpc) is 2.80. The number of halogens is 1. The zero-order valence-electron chi connectivity index (χ0n) is 11.9. The molecule has 0 aliphatic heterocycles. The third-order valence-electron chi connectivity index (χ3n) is 2.64. The van der Waals surface area contributed by atoms with Crippen LogP contribution in [0.3, 0.4) is 0 Å². The Kier molecular flexibility index (Phi) is 5.57. The number of carbonyl (C=O) groups excluding carboxylic acids is 1. The van der Waals surface area contributed by atoms with E-state index >= 15 is 0 Å². The van der Waals surface area contributed by atoms with Gasteiger partial charge in [-0.2, -0.15) is 0 Å². The lowest BCUT2D eigenvalue weighted by Gasteiger charge is -2.05. The molecule has 8 nitrogen and oxygen atoms in total. The Bertz CT molecular complexity index is 906. The van der Waals surface area contributed by atoms with E-state index in [0.29, 0.717) is 9.84 Å². The van der Waals surface area contributed by atoms with Crippen molar-refractivity contribution in [3.63, 3.8) is 0 Å². The quantitative estimate of drug-likeness (QED) is 0.619. The number of nitrogens with zero attached hydrogens (tertiary/aromatic N) is 3.